The van der Waals surface area contributed by atoms with E-state index in [0.29, 0.717) is 12.3 Å². The van der Waals surface area contributed by atoms with E-state index in [2.05, 4.69) is 0 Å². The smallest absolute Gasteiger partial charge is 0.268 e. The molecule has 1 saturated heterocycles. The lowest BCUT2D eigenvalue weighted by Gasteiger charge is -2.27. The molecule has 116 valence electrons. The molecule has 0 saturated carbocycles. The molecule has 0 N–H and O–H groups in total. The Morgan fingerprint density at radius 3 is 2.22 bits per heavy atom. The highest BCUT2D eigenvalue weighted by Crippen LogP contribution is 2.40. The number of hydrogen-bond acceptors (Lipinski definition) is 3. The maximum Gasteiger partial charge on any atom is 0.268 e. The second-order valence-corrected chi connectivity index (χ2v) is 5.26. The Morgan fingerprint density at radius 2 is 1.65 bits per heavy atom. The molecule has 2 aromatic rings. The molecule has 0 aliphatic carbocycles. The maximum atomic E-state index is 12.8. The Kier molecular flexibility index (Phi) is 4.38. The van der Waals surface area contributed by atoms with Gasteiger partial charge >= 0.3 is 0 Å². The molecule has 0 radical (unpaired) electrons. The second kappa shape index (κ2) is 6.61. The minimum absolute atomic E-state index is 0.110. The van der Waals surface area contributed by atoms with Gasteiger partial charge in [-0.15, -0.1) is 0 Å². The SMILES string of the molecule is CCOC1C(c2ccccc2)C(=C=O)C(=O)N1c1ccccc1. The zero-order valence-corrected chi connectivity index (χ0v) is 12.8. The van der Waals surface area contributed by atoms with Crippen molar-refractivity contribution in [2.24, 2.45) is 0 Å². The molecule has 2 unspecified atom stereocenters. The molecule has 2 aromatic carbocycles. The highest BCUT2D eigenvalue weighted by Gasteiger charge is 2.47. The first-order valence-electron chi connectivity index (χ1n) is 7.58. The number of ether oxygens (including phenoxy) is 1. The van der Waals surface area contributed by atoms with Gasteiger partial charge in [0.05, 0.1) is 5.92 Å². The van der Waals surface area contributed by atoms with Crippen molar-refractivity contribution >= 4 is 17.5 Å². The lowest BCUT2D eigenvalue weighted by molar-refractivity contribution is -0.115. The van der Waals surface area contributed by atoms with E-state index < -0.39 is 12.1 Å². The van der Waals surface area contributed by atoms with E-state index >= 15 is 0 Å². The third-order valence-corrected chi connectivity index (χ3v) is 3.94. The zero-order chi connectivity index (χ0) is 16.2. The summed E-state index contributed by atoms with van der Waals surface area (Å²) in [5.41, 5.74) is 1.69. The van der Waals surface area contributed by atoms with E-state index in [1.807, 2.05) is 73.5 Å². The van der Waals surface area contributed by atoms with Crippen LogP contribution in [0, 0.1) is 0 Å². The fourth-order valence-electron chi connectivity index (χ4n) is 2.96. The molecular formula is C19H17NO3. The van der Waals surface area contributed by atoms with E-state index in [0.717, 1.165) is 5.56 Å². The molecule has 1 heterocycles. The summed E-state index contributed by atoms with van der Waals surface area (Å²) in [5, 5.41) is 0. The van der Waals surface area contributed by atoms with Gasteiger partial charge in [-0.1, -0.05) is 48.5 Å². The summed E-state index contributed by atoms with van der Waals surface area (Å²) in [7, 11) is 0. The van der Waals surface area contributed by atoms with Gasteiger partial charge in [0, 0.05) is 12.3 Å². The Morgan fingerprint density at radius 1 is 1.04 bits per heavy atom. The van der Waals surface area contributed by atoms with Crippen LogP contribution < -0.4 is 4.90 Å². The Balaban J connectivity index is 2.11. The van der Waals surface area contributed by atoms with Crippen LogP contribution in [-0.4, -0.2) is 24.7 Å². The molecular weight excluding hydrogens is 290 g/mol. The average molecular weight is 307 g/mol. The van der Waals surface area contributed by atoms with Gasteiger partial charge in [-0.25, -0.2) is 4.79 Å². The van der Waals surface area contributed by atoms with Crippen molar-refractivity contribution in [2.75, 3.05) is 11.5 Å². The summed E-state index contributed by atoms with van der Waals surface area (Å²) in [6.45, 7) is 2.31. The van der Waals surface area contributed by atoms with Crippen LogP contribution in [0.4, 0.5) is 5.69 Å². The third kappa shape index (κ3) is 2.70. The fourth-order valence-corrected chi connectivity index (χ4v) is 2.96. The molecule has 1 fully saturated rings. The average Bonchev–Trinajstić information content (AvgIpc) is 2.88. The van der Waals surface area contributed by atoms with E-state index in [1.54, 1.807) is 4.90 Å². The molecule has 1 amide bonds. The number of nitrogens with zero attached hydrogens (tertiary/aromatic N) is 1. The summed E-state index contributed by atoms with van der Waals surface area (Å²) in [6.07, 6.45) is -0.547. The van der Waals surface area contributed by atoms with Crippen molar-refractivity contribution in [1.82, 2.24) is 0 Å². The molecule has 1 aliphatic rings. The number of benzene rings is 2. The number of para-hydroxylation sites is 1. The summed E-state index contributed by atoms with van der Waals surface area (Å²) < 4.78 is 5.84. The minimum atomic E-state index is -0.547. The largest absolute Gasteiger partial charge is 0.357 e. The van der Waals surface area contributed by atoms with Crippen LogP contribution in [0.3, 0.4) is 0 Å². The zero-order valence-electron chi connectivity index (χ0n) is 12.8. The molecule has 4 heteroatoms. The van der Waals surface area contributed by atoms with Crippen LogP contribution in [0.15, 0.2) is 66.2 Å². The summed E-state index contributed by atoms with van der Waals surface area (Å²) in [5.74, 6) is 1.05. The normalized spacial score (nSPS) is 20.7. The maximum absolute atomic E-state index is 12.8. The van der Waals surface area contributed by atoms with E-state index in [1.165, 1.54) is 0 Å². The monoisotopic (exact) mass is 307 g/mol. The van der Waals surface area contributed by atoms with Crippen molar-refractivity contribution in [3.8, 4) is 0 Å². The molecule has 4 nitrogen and oxygen atoms in total. The van der Waals surface area contributed by atoms with Crippen molar-refractivity contribution in [3.63, 3.8) is 0 Å². The second-order valence-electron chi connectivity index (χ2n) is 5.26. The minimum Gasteiger partial charge on any atom is -0.357 e. The highest BCUT2D eigenvalue weighted by atomic mass is 16.5. The van der Waals surface area contributed by atoms with Crippen LogP contribution in [-0.2, 0) is 14.3 Å². The molecule has 2 atom stereocenters. The van der Waals surface area contributed by atoms with Gasteiger partial charge in [-0.05, 0) is 24.6 Å². The van der Waals surface area contributed by atoms with Gasteiger partial charge in [0.1, 0.15) is 17.7 Å². The van der Waals surface area contributed by atoms with Gasteiger partial charge in [-0.2, -0.15) is 0 Å². The van der Waals surface area contributed by atoms with Crippen LogP contribution in [0.5, 0.6) is 0 Å². The molecule has 0 spiro atoms. The van der Waals surface area contributed by atoms with E-state index in [9.17, 15) is 9.59 Å². The molecule has 0 aromatic heterocycles. The summed E-state index contributed by atoms with van der Waals surface area (Å²) in [6, 6.07) is 18.7. The van der Waals surface area contributed by atoms with Crippen LogP contribution in [0.2, 0.25) is 0 Å². The summed E-state index contributed by atoms with van der Waals surface area (Å²) in [4.78, 5) is 25.8. The Labute approximate surface area is 135 Å². The van der Waals surface area contributed by atoms with E-state index in [4.69, 9.17) is 4.74 Å². The highest BCUT2D eigenvalue weighted by molar-refractivity contribution is 6.14. The lowest BCUT2D eigenvalue weighted by atomic mass is 9.93. The quantitative estimate of drug-likeness (QED) is 0.644. The van der Waals surface area contributed by atoms with Crippen molar-refractivity contribution in [3.05, 3.63) is 71.8 Å². The number of carbonyl (C=O) groups is 1. The predicted molar refractivity (Wildman–Crippen MR) is 87.7 cm³/mol. The van der Waals surface area contributed by atoms with Gasteiger partial charge in [0.25, 0.3) is 5.91 Å². The summed E-state index contributed by atoms with van der Waals surface area (Å²) >= 11 is 0. The first-order chi connectivity index (χ1) is 11.3. The molecule has 0 bridgehead atoms. The van der Waals surface area contributed by atoms with Crippen molar-refractivity contribution in [1.29, 1.82) is 0 Å². The fraction of sp³-hybridized carbons (Fsp3) is 0.211. The van der Waals surface area contributed by atoms with Crippen LogP contribution >= 0.6 is 0 Å². The van der Waals surface area contributed by atoms with Gasteiger partial charge in [-0.3, -0.25) is 9.69 Å². The standard InChI is InChI=1S/C19H17NO3/c1-2-23-19-17(14-9-5-3-6-10-14)16(13-21)18(22)20(19)15-11-7-4-8-12-15/h3-12,17,19H,2H2,1H3. The number of amides is 1. The van der Waals surface area contributed by atoms with Crippen LogP contribution in [0.25, 0.3) is 0 Å². The van der Waals surface area contributed by atoms with Gasteiger partial charge in [0.15, 0.2) is 0 Å². The van der Waals surface area contributed by atoms with Gasteiger partial charge in [0.2, 0.25) is 0 Å². The van der Waals surface area contributed by atoms with Crippen molar-refractivity contribution in [2.45, 2.75) is 19.1 Å². The number of hydrogen-bond donors (Lipinski definition) is 0. The first-order valence-corrected chi connectivity index (χ1v) is 7.58. The van der Waals surface area contributed by atoms with Gasteiger partial charge < -0.3 is 4.74 Å². The predicted octanol–water partition coefficient (Wildman–Crippen LogP) is 2.94. The van der Waals surface area contributed by atoms with Crippen molar-refractivity contribution < 1.29 is 14.3 Å². The number of anilines is 1. The Bertz CT molecular complexity index is 736. The molecule has 3 rings (SSSR count). The number of carbonyl (C=O) groups excluding carboxylic acids is 2. The Hall–Kier alpha value is -2.68. The van der Waals surface area contributed by atoms with Crippen LogP contribution in [0.1, 0.15) is 18.4 Å². The third-order valence-electron chi connectivity index (χ3n) is 3.94. The first kappa shape index (κ1) is 15.2. The molecule has 23 heavy (non-hydrogen) atoms. The number of rotatable bonds is 4. The van der Waals surface area contributed by atoms with E-state index in [-0.39, 0.29) is 11.5 Å². The molecule has 1 aliphatic heterocycles. The lowest BCUT2D eigenvalue weighted by Crippen LogP contribution is -2.37. The topological polar surface area (TPSA) is 46.6 Å².